The highest BCUT2D eigenvalue weighted by molar-refractivity contribution is 6.69. The molecule has 0 spiro atoms. The highest BCUT2D eigenvalue weighted by atomic mass is 35.5. The number of hydrogen-bond donors (Lipinski definition) is 1. The molecule has 0 aliphatic heterocycles. The van der Waals surface area contributed by atoms with Crippen molar-refractivity contribution in [2.45, 2.75) is 6.92 Å². The summed E-state index contributed by atoms with van der Waals surface area (Å²) in [5, 5.41) is 10.8. The Bertz CT molecular complexity index is 355. The fourth-order valence-corrected chi connectivity index (χ4v) is 1.13. The fraction of sp³-hybridized carbons (Fsp3) is 0.222. The molecule has 0 amide bonds. The van der Waals surface area contributed by atoms with Crippen molar-refractivity contribution in [3.8, 4) is 5.75 Å². The third kappa shape index (κ3) is 2.35. The highest BCUT2D eigenvalue weighted by Crippen LogP contribution is 2.18. The number of oxime groups is 1. The zero-order valence-corrected chi connectivity index (χ0v) is 8.25. The van der Waals surface area contributed by atoms with Gasteiger partial charge in [-0.25, -0.2) is 4.39 Å². The van der Waals surface area contributed by atoms with Crippen LogP contribution in [0.2, 0.25) is 0 Å². The van der Waals surface area contributed by atoms with Crippen LogP contribution in [0.25, 0.3) is 0 Å². The van der Waals surface area contributed by atoms with Crippen LogP contribution in [-0.4, -0.2) is 17.0 Å². The Morgan fingerprint density at radius 2 is 2.36 bits per heavy atom. The van der Waals surface area contributed by atoms with Crippen molar-refractivity contribution in [3.63, 3.8) is 0 Å². The van der Waals surface area contributed by atoms with Crippen molar-refractivity contribution in [1.82, 2.24) is 0 Å². The lowest BCUT2D eigenvalue weighted by atomic mass is 10.2. The molecule has 0 atom stereocenters. The van der Waals surface area contributed by atoms with E-state index in [2.05, 4.69) is 5.16 Å². The van der Waals surface area contributed by atoms with Crippen molar-refractivity contribution < 1.29 is 14.3 Å². The number of hydrogen-bond acceptors (Lipinski definition) is 3. The topological polar surface area (TPSA) is 41.8 Å². The molecule has 3 nitrogen and oxygen atoms in total. The Hall–Kier alpha value is -1.29. The van der Waals surface area contributed by atoms with Gasteiger partial charge in [-0.1, -0.05) is 16.8 Å². The standard InChI is InChI=1S/C9H9ClFNO2/c1-2-14-6-3-4-7(8(11)5-6)9(10)12-13/h3-5,13H,2H2,1H3/b12-9+. The molecule has 1 rings (SSSR count). The summed E-state index contributed by atoms with van der Waals surface area (Å²) < 4.78 is 18.3. The average Bonchev–Trinajstić information content (AvgIpc) is 2.17. The van der Waals surface area contributed by atoms with E-state index in [4.69, 9.17) is 21.5 Å². The minimum Gasteiger partial charge on any atom is -0.494 e. The minimum absolute atomic E-state index is 0.0395. The van der Waals surface area contributed by atoms with Gasteiger partial charge < -0.3 is 9.94 Å². The van der Waals surface area contributed by atoms with Gasteiger partial charge in [0.05, 0.1) is 12.2 Å². The Morgan fingerprint density at radius 1 is 1.64 bits per heavy atom. The Balaban J connectivity index is 3.01. The first-order valence-electron chi connectivity index (χ1n) is 3.99. The van der Waals surface area contributed by atoms with Crippen LogP contribution in [0.3, 0.4) is 0 Å². The molecule has 14 heavy (non-hydrogen) atoms. The Morgan fingerprint density at radius 3 is 2.86 bits per heavy atom. The smallest absolute Gasteiger partial charge is 0.178 e. The first kappa shape index (κ1) is 10.8. The van der Waals surface area contributed by atoms with Crippen LogP contribution in [0, 0.1) is 5.82 Å². The quantitative estimate of drug-likeness (QED) is 0.480. The molecular formula is C9H9ClFNO2. The first-order valence-corrected chi connectivity index (χ1v) is 4.37. The van der Waals surface area contributed by atoms with Gasteiger partial charge in [-0.05, 0) is 19.1 Å². The van der Waals surface area contributed by atoms with Crippen LogP contribution in [0.5, 0.6) is 5.75 Å². The molecule has 0 heterocycles. The first-order chi connectivity index (χ1) is 6.69. The number of halogens is 2. The van der Waals surface area contributed by atoms with Gasteiger partial charge in [-0.3, -0.25) is 0 Å². The van der Waals surface area contributed by atoms with Gasteiger partial charge in [-0.15, -0.1) is 0 Å². The highest BCUT2D eigenvalue weighted by Gasteiger charge is 2.08. The second-order valence-electron chi connectivity index (χ2n) is 2.47. The van der Waals surface area contributed by atoms with Crippen LogP contribution in [0.4, 0.5) is 4.39 Å². The second kappa shape index (κ2) is 4.81. The second-order valence-corrected chi connectivity index (χ2v) is 2.82. The molecule has 0 saturated heterocycles. The number of rotatable bonds is 3. The molecule has 0 fully saturated rings. The van der Waals surface area contributed by atoms with E-state index >= 15 is 0 Å². The predicted octanol–water partition coefficient (Wildman–Crippen LogP) is 2.60. The molecule has 1 aromatic rings. The van der Waals surface area contributed by atoms with E-state index in [1.54, 1.807) is 13.0 Å². The van der Waals surface area contributed by atoms with Gasteiger partial charge in [-0.2, -0.15) is 0 Å². The summed E-state index contributed by atoms with van der Waals surface area (Å²) in [5.41, 5.74) is 0.0395. The Labute approximate surface area is 85.8 Å². The van der Waals surface area contributed by atoms with Gasteiger partial charge in [0, 0.05) is 6.07 Å². The zero-order valence-electron chi connectivity index (χ0n) is 7.50. The van der Waals surface area contributed by atoms with Gasteiger partial charge in [0.25, 0.3) is 0 Å². The number of nitrogens with zero attached hydrogens (tertiary/aromatic N) is 1. The maximum Gasteiger partial charge on any atom is 0.178 e. The van der Waals surface area contributed by atoms with E-state index in [-0.39, 0.29) is 10.7 Å². The molecule has 0 aliphatic carbocycles. The molecule has 0 aliphatic rings. The lowest BCUT2D eigenvalue weighted by molar-refractivity contribution is 0.320. The van der Waals surface area contributed by atoms with Crippen molar-refractivity contribution in [1.29, 1.82) is 0 Å². The van der Waals surface area contributed by atoms with Crippen molar-refractivity contribution in [3.05, 3.63) is 29.6 Å². The molecule has 5 heteroatoms. The monoisotopic (exact) mass is 217 g/mol. The maximum atomic E-state index is 13.3. The summed E-state index contributed by atoms with van der Waals surface area (Å²) >= 11 is 5.44. The van der Waals surface area contributed by atoms with E-state index in [1.165, 1.54) is 12.1 Å². The van der Waals surface area contributed by atoms with Crippen LogP contribution in [0.1, 0.15) is 12.5 Å². The summed E-state index contributed by atoms with van der Waals surface area (Å²) in [5.74, 6) is -0.171. The lowest BCUT2D eigenvalue weighted by Gasteiger charge is -2.04. The van der Waals surface area contributed by atoms with Crippen LogP contribution >= 0.6 is 11.6 Å². The average molecular weight is 218 g/mol. The van der Waals surface area contributed by atoms with Gasteiger partial charge in [0.15, 0.2) is 5.17 Å². The number of ether oxygens (including phenoxy) is 1. The predicted molar refractivity (Wildman–Crippen MR) is 51.7 cm³/mol. The van der Waals surface area contributed by atoms with Gasteiger partial charge >= 0.3 is 0 Å². The number of benzene rings is 1. The molecule has 1 aromatic carbocycles. The van der Waals surface area contributed by atoms with E-state index in [9.17, 15) is 4.39 Å². The summed E-state index contributed by atoms with van der Waals surface area (Å²) in [6.07, 6.45) is 0. The summed E-state index contributed by atoms with van der Waals surface area (Å²) in [6, 6.07) is 4.13. The minimum atomic E-state index is -0.584. The van der Waals surface area contributed by atoms with Crippen LogP contribution < -0.4 is 4.74 Å². The van der Waals surface area contributed by atoms with Crippen molar-refractivity contribution in [2.24, 2.45) is 5.16 Å². The molecular weight excluding hydrogens is 209 g/mol. The van der Waals surface area contributed by atoms with E-state index in [1.807, 2.05) is 0 Å². The van der Waals surface area contributed by atoms with Crippen molar-refractivity contribution >= 4 is 16.8 Å². The van der Waals surface area contributed by atoms with Crippen LogP contribution in [-0.2, 0) is 0 Å². The molecule has 0 bridgehead atoms. The fourth-order valence-electron chi connectivity index (χ4n) is 0.973. The SMILES string of the molecule is CCOc1ccc(/C(Cl)=N\O)c(F)c1. The molecule has 76 valence electrons. The van der Waals surface area contributed by atoms with E-state index < -0.39 is 5.82 Å². The van der Waals surface area contributed by atoms with E-state index in [0.717, 1.165) is 0 Å². The maximum absolute atomic E-state index is 13.3. The molecule has 0 radical (unpaired) electrons. The van der Waals surface area contributed by atoms with Crippen molar-refractivity contribution in [2.75, 3.05) is 6.61 Å². The summed E-state index contributed by atoms with van der Waals surface area (Å²) in [4.78, 5) is 0. The zero-order chi connectivity index (χ0) is 10.6. The molecule has 0 saturated carbocycles. The molecule has 0 unspecified atom stereocenters. The summed E-state index contributed by atoms with van der Waals surface area (Å²) in [7, 11) is 0. The van der Waals surface area contributed by atoms with E-state index in [0.29, 0.717) is 12.4 Å². The molecule has 0 aromatic heterocycles. The molecule has 1 N–H and O–H groups in total. The van der Waals surface area contributed by atoms with Gasteiger partial charge in [0.1, 0.15) is 11.6 Å². The normalized spacial score (nSPS) is 11.5. The summed E-state index contributed by atoms with van der Waals surface area (Å²) in [6.45, 7) is 2.26. The largest absolute Gasteiger partial charge is 0.494 e. The Kier molecular flexibility index (Phi) is 3.71. The third-order valence-corrected chi connectivity index (χ3v) is 1.84. The van der Waals surface area contributed by atoms with Crippen LogP contribution in [0.15, 0.2) is 23.4 Å². The third-order valence-electron chi connectivity index (χ3n) is 1.56. The lowest BCUT2D eigenvalue weighted by Crippen LogP contribution is -1.98. The van der Waals surface area contributed by atoms with Gasteiger partial charge in [0.2, 0.25) is 0 Å².